The van der Waals surface area contributed by atoms with Gasteiger partial charge in [0.2, 0.25) is 0 Å². The lowest BCUT2D eigenvalue weighted by Gasteiger charge is -2.16. The number of fused-ring (bicyclic) bond motifs is 2. The summed E-state index contributed by atoms with van der Waals surface area (Å²) >= 11 is 2.78. The number of thiophene rings is 2. The molecule has 2 aromatic rings. The summed E-state index contributed by atoms with van der Waals surface area (Å²) in [7, 11) is 1.63. The first-order valence-electron chi connectivity index (χ1n) is 9.52. The maximum absolute atomic E-state index is 14.1. The van der Waals surface area contributed by atoms with Crippen LogP contribution in [0.25, 0.3) is 0 Å². The largest absolute Gasteiger partial charge is 0.334 e. The molecule has 28 heavy (non-hydrogen) atoms. The van der Waals surface area contributed by atoms with Crippen molar-refractivity contribution in [2.75, 3.05) is 11.9 Å². The number of urea groups is 1. The molecule has 0 spiro atoms. The van der Waals surface area contributed by atoms with Crippen LogP contribution in [0.2, 0.25) is 0 Å². The van der Waals surface area contributed by atoms with Crippen LogP contribution in [0, 0.1) is 6.92 Å². The van der Waals surface area contributed by atoms with E-state index in [-0.39, 0.29) is 17.5 Å². The molecule has 0 radical (unpaired) electrons. The molecule has 0 aromatic carbocycles. The van der Waals surface area contributed by atoms with Gasteiger partial charge in [0.15, 0.2) is 0 Å². The van der Waals surface area contributed by atoms with Gasteiger partial charge in [-0.05, 0) is 67.8 Å². The molecular formula is C19H24F2N3OPS2. The van der Waals surface area contributed by atoms with E-state index < -0.39 is 5.66 Å². The van der Waals surface area contributed by atoms with Crippen LogP contribution in [0.1, 0.15) is 49.7 Å². The van der Waals surface area contributed by atoms with E-state index in [1.54, 1.807) is 20.6 Å². The molecule has 0 bridgehead atoms. The first-order valence-corrected chi connectivity index (χ1v) is 11.7. The summed E-state index contributed by atoms with van der Waals surface area (Å²) in [6.45, 7) is 3.54. The zero-order valence-electron chi connectivity index (χ0n) is 15.7. The standard InChI is InChI=1S/C19H24F2N3OPS2/c1-10-11-4-2-3-5-14(11)28-17(10)24-18(25)23-8-13-12-6-7-22-9-15(12)27-16(13)19(20,21)26/h22H,2-9,26H2,1H3,(H2,23,24,25). The van der Waals surface area contributed by atoms with Gasteiger partial charge in [0.25, 0.3) is 5.66 Å². The topological polar surface area (TPSA) is 53.2 Å². The third-order valence-corrected chi connectivity index (χ3v) is 8.60. The number of alkyl halides is 2. The molecule has 2 amide bonds. The zero-order chi connectivity index (χ0) is 19.9. The van der Waals surface area contributed by atoms with Crippen molar-refractivity contribution in [3.8, 4) is 0 Å². The minimum absolute atomic E-state index is 0.0364. The fourth-order valence-electron chi connectivity index (χ4n) is 4.02. The number of carbonyl (C=O) groups excluding carboxylic acids is 1. The molecule has 2 aliphatic rings. The van der Waals surface area contributed by atoms with E-state index in [9.17, 15) is 13.6 Å². The number of aryl methyl sites for hydroxylation is 1. The molecule has 9 heteroatoms. The van der Waals surface area contributed by atoms with Gasteiger partial charge in [0.05, 0.1) is 9.88 Å². The van der Waals surface area contributed by atoms with Crippen molar-refractivity contribution in [3.05, 3.63) is 36.9 Å². The SMILES string of the molecule is Cc1c(NC(=O)NCc2c(C(F)(F)P)sc3c2CCNC3)sc2c1CCCC2. The van der Waals surface area contributed by atoms with Gasteiger partial charge in [-0.25, -0.2) is 4.79 Å². The molecule has 0 saturated carbocycles. The number of halogens is 2. The number of hydrogen-bond acceptors (Lipinski definition) is 4. The maximum atomic E-state index is 14.1. The Morgan fingerprint density at radius 1 is 1.18 bits per heavy atom. The lowest BCUT2D eigenvalue weighted by atomic mass is 9.96. The summed E-state index contributed by atoms with van der Waals surface area (Å²) in [4.78, 5) is 14.8. The van der Waals surface area contributed by atoms with Crippen LogP contribution < -0.4 is 16.0 Å². The second kappa shape index (κ2) is 7.98. The molecule has 152 valence electrons. The van der Waals surface area contributed by atoms with Crippen LogP contribution in [-0.4, -0.2) is 12.6 Å². The van der Waals surface area contributed by atoms with Gasteiger partial charge < -0.3 is 10.6 Å². The van der Waals surface area contributed by atoms with Crippen LogP contribution in [0.15, 0.2) is 0 Å². The molecule has 0 saturated heterocycles. The number of anilines is 1. The average molecular weight is 444 g/mol. The fourth-order valence-corrected chi connectivity index (χ4v) is 6.88. The van der Waals surface area contributed by atoms with Crippen LogP contribution in [0.5, 0.6) is 0 Å². The Balaban J connectivity index is 1.48. The number of amides is 2. The Kier molecular flexibility index (Phi) is 5.76. The Morgan fingerprint density at radius 3 is 2.71 bits per heavy atom. The van der Waals surface area contributed by atoms with E-state index in [1.165, 1.54) is 23.3 Å². The predicted octanol–water partition coefficient (Wildman–Crippen LogP) is 4.89. The summed E-state index contributed by atoms with van der Waals surface area (Å²) in [5.74, 6) is 0. The third-order valence-electron chi connectivity index (χ3n) is 5.43. The van der Waals surface area contributed by atoms with E-state index >= 15 is 0 Å². The van der Waals surface area contributed by atoms with Crippen molar-refractivity contribution in [1.82, 2.24) is 10.6 Å². The maximum Gasteiger partial charge on any atom is 0.320 e. The minimum Gasteiger partial charge on any atom is -0.334 e. The first kappa shape index (κ1) is 20.2. The Bertz CT molecular complexity index is 904. The van der Waals surface area contributed by atoms with Crippen molar-refractivity contribution < 1.29 is 13.6 Å². The number of carbonyl (C=O) groups is 1. The molecule has 4 rings (SSSR count). The van der Waals surface area contributed by atoms with Crippen molar-refractivity contribution in [2.45, 2.75) is 57.8 Å². The Hall–Kier alpha value is -1.08. The monoisotopic (exact) mass is 443 g/mol. The van der Waals surface area contributed by atoms with Crippen molar-refractivity contribution in [3.63, 3.8) is 0 Å². The molecule has 2 aromatic heterocycles. The molecule has 0 fully saturated rings. The highest BCUT2D eigenvalue weighted by molar-refractivity contribution is 7.21. The lowest BCUT2D eigenvalue weighted by Crippen LogP contribution is -2.30. The summed E-state index contributed by atoms with van der Waals surface area (Å²) in [6.07, 6.45) is 5.25. The van der Waals surface area contributed by atoms with Gasteiger partial charge in [-0.2, -0.15) is 8.78 Å². The Morgan fingerprint density at radius 2 is 1.96 bits per heavy atom. The molecule has 1 atom stereocenters. The molecule has 1 unspecified atom stereocenters. The normalized spacial score (nSPS) is 16.4. The second-order valence-corrected chi connectivity index (χ2v) is 10.3. The Labute approximate surface area is 173 Å². The van der Waals surface area contributed by atoms with Crippen LogP contribution in [0.3, 0.4) is 0 Å². The van der Waals surface area contributed by atoms with E-state index in [0.29, 0.717) is 18.5 Å². The summed E-state index contributed by atoms with van der Waals surface area (Å²) < 4.78 is 28.2. The van der Waals surface area contributed by atoms with Crippen molar-refractivity contribution in [1.29, 1.82) is 0 Å². The molecule has 1 aliphatic carbocycles. The molecular weight excluding hydrogens is 419 g/mol. The van der Waals surface area contributed by atoms with Gasteiger partial charge in [-0.3, -0.25) is 5.32 Å². The average Bonchev–Trinajstić information content (AvgIpc) is 3.19. The highest BCUT2D eigenvalue weighted by Gasteiger charge is 2.34. The van der Waals surface area contributed by atoms with Crippen LogP contribution in [-0.2, 0) is 38.0 Å². The first-order chi connectivity index (χ1) is 13.3. The summed E-state index contributed by atoms with van der Waals surface area (Å²) in [5.41, 5.74) is 1.06. The van der Waals surface area contributed by atoms with Gasteiger partial charge in [0.1, 0.15) is 0 Å². The van der Waals surface area contributed by atoms with Crippen LogP contribution >= 0.6 is 31.9 Å². The minimum atomic E-state index is -2.99. The molecule has 4 nitrogen and oxygen atoms in total. The number of rotatable bonds is 4. The van der Waals surface area contributed by atoms with Crippen molar-refractivity contribution in [2.24, 2.45) is 0 Å². The summed E-state index contributed by atoms with van der Waals surface area (Å²) in [5, 5.41) is 9.83. The van der Waals surface area contributed by atoms with E-state index in [4.69, 9.17) is 0 Å². The van der Waals surface area contributed by atoms with E-state index in [0.717, 1.165) is 51.7 Å². The van der Waals surface area contributed by atoms with Crippen molar-refractivity contribution >= 4 is 42.9 Å². The number of nitrogens with one attached hydrogen (secondary N) is 3. The van der Waals surface area contributed by atoms with Crippen LogP contribution in [0.4, 0.5) is 18.6 Å². The second-order valence-electron chi connectivity index (χ2n) is 7.33. The zero-order valence-corrected chi connectivity index (χ0v) is 18.5. The van der Waals surface area contributed by atoms with Gasteiger partial charge in [-0.1, -0.05) is 9.24 Å². The molecule has 3 heterocycles. The fraction of sp³-hybridized carbons (Fsp3) is 0.526. The number of hydrogen-bond donors (Lipinski definition) is 3. The van der Waals surface area contributed by atoms with Gasteiger partial charge in [0, 0.05) is 22.8 Å². The third kappa shape index (κ3) is 3.97. The highest BCUT2D eigenvalue weighted by Crippen LogP contribution is 2.44. The predicted molar refractivity (Wildman–Crippen MR) is 115 cm³/mol. The summed E-state index contributed by atoms with van der Waals surface area (Å²) in [6, 6.07) is -0.339. The lowest BCUT2D eigenvalue weighted by molar-refractivity contribution is 0.107. The highest BCUT2D eigenvalue weighted by atomic mass is 32.1. The smallest absolute Gasteiger partial charge is 0.320 e. The molecule has 3 N–H and O–H groups in total. The van der Waals surface area contributed by atoms with E-state index in [2.05, 4.69) is 16.0 Å². The van der Waals surface area contributed by atoms with Gasteiger partial charge in [-0.15, -0.1) is 22.7 Å². The molecule has 1 aliphatic heterocycles. The van der Waals surface area contributed by atoms with E-state index in [1.807, 2.05) is 6.92 Å². The van der Waals surface area contributed by atoms with Gasteiger partial charge >= 0.3 is 6.03 Å². The quantitative estimate of drug-likeness (QED) is 0.590.